The number of nitrogens with one attached hydrogen (secondary N) is 1. The van der Waals surface area contributed by atoms with Crippen LogP contribution >= 0.6 is 0 Å². The average Bonchev–Trinajstić information content (AvgIpc) is 2.35. The lowest BCUT2D eigenvalue weighted by Gasteiger charge is -2.16. The topological polar surface area (TPSA) is 64.3 Å². The lowest BCUT2D eigenvalue weighted by molar-refractivity contribution is -0.123. The van der Waals surface area contributed by atoms with E-state index in [-0.39, 0.29) is 12.5 Å². The van der Waals surface area contributed by atoms with Crippen molar-refractivity contribution < 1.29 is 9.53 Å². The molecule has 0 saturated carbocycles. The summed E-state index contributed by atoms with van der Waals surface area (Å²) in [4.78, 5) is 10.9. The Labute approximate surface area is 94.8 Å². The number of nitrogens with two attached hydrogens (primary N) is 1. The zero-order valence-electron chi connectivity index (χ0n) is 9.16. The highest BCUT2D eigenvalue weighted by Gasteiger charge is 2.10. The van der Waals surface area contributed by atoms with Gasteiger partial charge in [0.1, 0.15) is 5.75 Å². The van der Waals surface area contributed by atoms with Crippen molar-refractivity contribution in [3.63, 3.8) is 0 Å². The fourth-order valence-electron chi connectivity index (χ4n) is 1.99. The Hall–Kier alpha value is -1.55. The predicted molar refractivity (Wildman–Crippen MR) is 60.9 cm³/mol. The Balaban J connectivity index is 2.03. The standard InChI is InChI=1S/C12H16N2O2/c13-14-12(15)8-16-11-6-5-9-3-1-2-4-10(9)7-11/h5-7H,1-4,8,13H2,(H,14,15). The van der Waals surface area contributed by atoms with Gasteiger partial charge in [0.2, 0.25) is 0 Å². The molecule has 0 spiro atoms. The number of rotatable bonds is 3. The van der Waals surface area contributed by atoms with Crippen molar-refractivity contribution in [3.05, 3.63) is 29.3 Å². The van der Waals surface area contributed by atoms with Crippen LogP contribution in [0.4, 0.5) is 0 Å². The molecule has 16 heavy (non-hydrogen) atoms. The predicted octanol–water partition coefficient (Wildman–Crippen LogP) is 0.934. The van der Waals surface area contributed by atoms with Crippen molar-refractivity contribution in [3.8, 4) is 5.75 Å². The fourth-order valence-corrected chi connectivity index (χ4v) is 1.99. The highest BCUT2D eigenvalue weighted by atomic mass is 16.5. The Morgan fingerprint density at radius 3 is 2.81 bits per heavy atom. The van der Waals surface area contributed by atoms with Crippen molar-refractivity contribution >= 4 is 5.91 Å². The van der Waals surface area contributed by atoms with Crippen molar-refractivity contribution in [2.24, 2.45) is 5.84 Å². The molecule has 1 aromatic rings. The van der Waals surface area contributed by atoms with Crippen molar-refractivity contribution in [2.75, 3.05) is 6.61 Å². The zero-order chi connectivity index (χ0) is 11.4. The summed E-state index contributed by atoms with van der Waals surface area (Å²) in [5.41, 5.74) is 4.78. The summed E-state index contributed by atoms with van der Waals surface area (Å²) in [5, 5.41) is 0. The van der Waals surface area contributed by atoms with E-state index in [1.165, 1.54) is 24.0 Å². The molecule has 1 aromatic carbocycles. The number of carbonyl (C=O) groups excluding carboxylic acids is 1. The third-order valence-electron chi connectivity index (χ3n) is 2.85. The molecule has 0 fully saturated rings. The molecule has 1 aliphatic carbocycles. The van der Waals surface area contributed by atoms with Gasteiger partial charge in [0.05, 0.1) is 0 Å². The summed E-state index contributed by atoms with van der Waals surface area (Å²) >= 11 is 0. The number of hydrogen-bond acceptors (Lipinski definition) is 3. The third kappa shape index (κ3) is 2.52. The lowest BCUT2D eigenvalue weighted by Crippen LogP contribution is -2.34. The minimum Gasteiger partial charge on any atom is -0.484 e. The molecule has 0 aliphatic heterocycles. The molecule has 4 nitrogen and oxygen atoms in total. The van der Waals surface area contributed by atoms with E-state index >= 15 is 0 Å². The van der Waals surface area contributed by atoms with Crippen LogP contribution in [0.5, 0.6) is 5.75 Å². The number of benzene rings is 1. The van der Waals surface area contributed by atoms with Crippen LogP contribution in [0.15, 0.2) is 18.2 Å². The number of aryl methyl sites for hydroxylation is 2. The number of fused-ring (bicyclic) bond motifs is 1. The third-order valence-corrected chi connectivity index (χ3v) is 2.85. The van der Waals surface area contributed by atoms with E-state index in [0.29, 0.717) is 0 Å². The second kappa shape index (κ2) is 4.99. The summed E-state index contributed by atoms with van der Waals surface area (Å²) in [6.07, 6.45) is 4.76. The molecule has 0 radical (unpaired) electrons. The van der Waals surface area contributed by atoms with Crippen LogP contribution in [-0.4, -0.2) is 12.5 Å². The SMILES string of the molecule is NNC(=O)COc1ccc2c(c1)CCCC2. The first-order chi connectivity index (χ1) is 7.79. The minimum absolute atomic E-state index is 0.0325. The summed E-state index contributed by atoms with van der Waals surface area (Å²) in [5.74, 6) is 5.39. The number of hydrogen-bond donors (Lipinski definition) is 2. The van der Waals surface area contributed by atoms with Gasteiger partial charge in [-0.2, -0.15) is 0 Å². The smallest absolute Gasteiger partial charge is 0.271 e. The lowest BCUT2D eigenvalue weighted by atomic mass is 9.92. The van der Waals surface area contributed by atoms with Crippen LogP contribution in [0.1, 0.15) is 24.0 Å². The van der Waals surface area contributed by atoms with Crippen LogP contribution in [0.25, 0.3) is 0 Å². The molecular formula is C12H16N2O2. The van der Waals surface area contributed by atoms with Gasteiger partial charge in [-0.25, -0.2) is 5.84 Å². The number of hydrazine groups is 1. The van der Waals surface area contributed by atoms with Gasteiger partial charge in [-0.1, -0.05) is 6.07 Å². The van der Waals surface area contributed by atoms with E-state index in [9.17, 15) is 4.79 Å². The first-order valence-electron chi connectivity index (χ1n) is 5.53. The normalized spacial score (nSPS) is 14.1. The van der Waals surface area contributed by atoms with E-state index in [1.807, 2.05) is 17.6 Å². The molecule has 2 rings (SSSR count). The average molecular weight is 220 g/mol. The maximum absolute atomic E-state index is 10.9. The van der Waals surface area contributed by atoms with E-state index < -0.39 is 0 Å². The fraction of sp³-hybridized carbons (Fsp3) is 0.417. The maximum Gasteiger partial charge on any atom is 0.271 e. The largest absolute Gasteiger partial charge is 0.484 e. The van der Waals surface area contributed by atoms with Gasteiger partial charge in [0.25, 0.3) is 5.91 Å². The minimum atomic E-state index is -0.322. The summed E-state index contributed by atoms with van der Waals surface area (Å²) in [6, 6.07) is 6.02. The van der Waals surface area contributed by atoms with Crippen molar-refractivity contribution in [1.29, 1.82) is 0 Å². The Morgan fingerprint density at radius 1 is 1.31 bits per heavy atom. The first-order valence-corrected chi connectivity index (χ1v) is 5.53. The molecular weight excluding hydrogens is 204 g/mol. The molecule has 4 heteroatoms. The second-order valence-electron chi connectivity index (χ2n) is 3.99. The van der Waals surface area contributed by atoms with Gasteiger partial charge in [-0.15, -0.1) is 0 Å². The molecule has 0 aromatic heterocycles. The first kappa shape index (κ1) is 11.0. The number of carbonyl (C=O) groups is 1. The van der Waals surface area contributed by atoms with Gasteiger partial charge in [0, 0.05) is 0 Å². The summed E-state index contributed by atoms with van der Waals surface area (Å²) < 4.78 is 5.33. The second-order valence-corrected chi connectivity index (χ2v) is 3.99. The van der Waals surface area contributed by atoms with Crippen LogP contribution in [0.3, 0.4) is 0 Å². The highest BCUT2D eigenvalue weighted by molar-refractivity contribution is 5.76. The van der Waals surface area contributed by atoms with E-state index in [0.717, 1.165) is 18.6 Å². The van der Waals surface area contributed by atoms with Crippen LogP contribution in [-0.2, 0) is 17.6 Å². The Bertz CT molecular complexity index is 391. The number of amides is 1. The number of ether oxygens (including phenoxy) is 1. The van der Waals surface area contributed by atoms with E-state index in [4.69, 9.17) is 10.6 Å². The van der Waals surface area contributed by atoms with Crippen molar-refractivity contribution in [1.82, 2.24) is 5.43 Å². The van der Waals surface area contributed by atoms with Crippen LogP contribution in [0.2, 0.25) is 0 Å². The van der Waals surface area contributed by atoms with E-state index in [2.05, 4.69) is 6.07 Å². The van der Waals surface area contributed by atoms with Crippen LogP contribution in [0, 0.1) is 0 Å². The monoisotopic (exact) mass is 220 g/mol. The molecule has 1 aliphatic rings. The quantitative estimate of drug-likeness (QED) is 0.452. The van der Waals surface area contributed by atoms with Crippen LogP contribution < -0.4 is 16.0 Å². The molecule has 86 valence electrons. The summed E-state index contributed by atoms with van der Waals surface area (Å²) in [6.45, 7) is -0.0325. The molecule has 0 heterocycles. The molecule has 0 unspecified atom stereocenters. The van der Waals surface area contributed by atoms with Gasteiger partial charge in [-0.3, -0.25) is 10.2 Å². The van der Waals surface area contributed by atoms with Crippen molar-refractivity contribution in [2.45, 2.75) is 25.7 Å². The molecule has 0 bridgehead atoms. The van der Waals surface area contributed by atoms with Gasteiger partial charge in [-0.05, 0) is 48.9 Å². The molecule has 1 amide bonds. The molecule has 0 atom stereocenters. The van der Waals surface area contributed by atoms with Gasteiger partial charge >= 0.3 is 0 Å². The molecule has 0 saturated heterocycles. The Morgan fingerprint density at radius 2 is 2.06 bits per heavy atom. The highest BCUT2D eigenvalue weighted by Crippen LogP contribution is 2.25. The van der Waals surface area contributed by atoms with Gasteiger partial charge in [0.15, 0.2) is 6.61 Å². The zero-order valence-corrected chi connectivity index (χ0v) is 9.16. The Kier molecular flexibility index (Phi) is 3.41. The van der Waals surface area contributed by atoms with E-state index in [1.54, 1.807) is 0 Å². The van der Waals surface area contributed by atoms with Gasteiger partial charge < -0.3 is 4.74 Å². The summed E-state index contributed by atoms with van der Waals surface area (Å²) in [7, 11) is 0. The maximum atomic E-state index is 10.9. The molecule has 3 N–H and O–H groups in total.